The lowest BCUT2D eigenvalue weighted by atomic mass is 10.1. The van der Waals surface area contributed by atoms with Crippen LogP contribution < -0.4 is 5.32 Å². The molecule has 4 nitrogen and oxygen atoms in total. The number of aryl methyl sites for hydroxylation is 1. The number of halogens is 2. The van der Waals surface area contributed by atoms with Gasteiger partial charge in [0.05, 0.1) is 10.6 Å². The fourth-order valence-electron chi connectivity index (χ4n) is 1.83. The van der Waals surface area contributed by atoms with Gasteiger partial charge in [0.25, 0.3) is 0 Å². The van der Waals surface area contributed by atoms with Gasteiger partial charge in [-0.1, -0.05) is 23.2 Å². The normalized spacial score (nSPS) is 11.9. The Kier molecular flexibility index (Phi) is 5.25. The molecule has 2 rings (SSSR count). The maximum absolute atomic E-state index is 6.13. The molecule has 0 saturated carbocycles. The minimum Gasteiger partial charge on any atom is -0.421 e. The Morgan fingerprint density at radius 3 is 2.62 bits per heavy atom. The number of nitrogens with one attached hydrogen (secondary N) is 1. The van der Waals surface area contributed by atoms with Crippen LogP contribution in [0.5, 0.6) is 0 Å². The summed E-state index contributed by atoms with van der Waals surface area (Å²) < 4.78 is 5.65. The van der Waals surface area contributed by atoms with Crippen molar-refractivity contribution in [3.8, 4) is 11.5 Å². The molecule has 21 heavy (non-hydrogen) atoms. The van der Waals surface area contributed by atoms with Gasteiger partial charge in [-0.05, 0) is 51.9 Å². The summed E-state index contributed by atoms with van der Waals surface area (Å²) in [7, 11) is 0. The first kappa shape index (κ1) is 16.3. The molecule has 0 spiro atoms. The van der Waals surface area contributed by atoms with Crippen LogP contribution in [-0.2, 0) is 6.42 Å². The van der Waals surface area contributed by atoms with Gasteiger partial charge in [0.2, 0.25) is 11.8 Å². The predicted octanol–water partition coefficient (Wildman–Crippen LogP) is 4.36. The zero-order valence-electron chi connectivity index (χ0n) is 12.4. The molecule has 0 aliphatic heterocycles. The van der Waals surface area contributed by atoms with E-state index in [9.17, 15) is 0 Å². The second-order valence-electron chi connectivity index (χ2n) is 5.91. The summed E-state index contributed by atoms with van der Waals surface area (Å²) in [5.41, 5.74) is 0.823. The molecule has 1 N–H and O–H groups in total. The van der Waals surface area contributed by atoms with E-state index in [1.165, 1.54) is 0 Å². The lowest BCUT2D eigenvalue weighted by molar-refractivity contribution is 0.412. The molecule has 2 aromatic rings. The van der Waals surface area contributed by atoms with Crippen molar-refractivity contribution in [1.29, 1.82) is 0 Å². The number of hydrogen-bond acceptors (Lipinski definition) is 4. The molecule has 0 fully saturated rings. The first-order valence-corrected chi connectivity index (χ1v) is 7.63. The third-order valence-electron chi connectivity index (χ3n) is 2.85. The van der Waals surface area contributed by atoms with Gasteiger partial charge in [-0.3, -0.25) is 0 Å². The molecule has 1 aromatic heterocycles. The fourth-order valence-corrected chi connectivity index (χ4v) is 2.32. The largest absolute Gasteiger partial charge is 0.421 e. The molecule has 0 bridgehead atoms. The smallest absolute Gasteiger partial charge is 0.249 e. The van der Waals surface area contributed by atoms with E-state index in [1.807, 2.05) is 0 Å². The van der Waals surface area contributed by atoms with Crippen LogP contribution in [-0.4, -0.2) is 22.3 Å². The quantitative estimate of drug-likeness (QED) is 0.829. The van der Waals surface area contributed by atoms with E-state index in [1.54, 1.807) is 18.2 Å². The van der Waals surface area contributed by atoms with E-state index in [0.717, 1.165) is 19.4 Å². The third-order valence-corrected chi connectivity index (χ3v) is 3.40. The highest BCUT2D eigenvalue weighted by molar-refractivity contribution is 6.36. The number of aromatic nitrogens is 2. The summed E-state index contributed by atoms with van der Waals surface area (Å²) in [5, 5.41) is 12.6. The summed E-state index contributed by atoms with van der Waals surface area (Å²) >= 11 is 12.0. The van der Waals surface area contributed by atoms with E-state index in [2.05, 4.69) is 36.3 Å². The van der Waals surface area contributed by atoms with E-state index in [-0.39, 0.29) is 5.54 Å². The first-order chi connectivity index (χ1) is 9.85. The standard InChI is InChI=1S/C15H19Cl2N3O/c1-15(2,3)18-8-4-5-13-19-20-14(21-13)11-7-6-10(16)9-12(11)17/h6-7,9,18H,4-5,8H2,1-3H3. The lowest BCUT2D eigenvalue weighted by Crippen LogP contribution is -2.36. The van der Waals surface area contributed by atoms with Crippen molar-refractivity contribution in [2.75, 3.05) is 6.54 Å². The lowest BCUT2D eigenvalue weighted by Gasteiger charge is -2.19. The van der Waals surface area contributed by atoms with Crippen molar-refractivity contribution in [3.05, 3.63) is 34.1 Å². The number of nitrogens with zero attached hydrogens (tertiary/aromatic N) is 2. The molecule has 0 radical (unpaired) electrons. The fraction of sp³-hybridized carbons (Fsp3) is 0.467. The van der Waals surface area contributed by atoms with E-state index >= 15 is 0 Å². The Labute approximate surface area is 134 Å². The number of hydrogen-bond donors (Lipinski definition) is 1. The minimum atomic E-state index is 0.122. The Morgan fingerprint density at radius 1 is 1.19 bits per heavy atom. The predicted molar refractivity (Wildman–Crippen MR) is 85.8 cm³/mol. The second kappa shape index (κ2) is 6.77. The molecule has 0 atom stereocenters. The van der Waals surface area contributed by atoms with Gasteiger partial charge in [-0.2, -0.15) is 0 Å². The number of benzene rings is 1. The van der Waals surface area contributed by atoms with Crippen LogP contribution in [0.4, 0.5) is 0 Å². The van der Waals surface area contributed by atoms with Gasteiger partial charge in [0.1, 0.15) is 0 Å². The van der Waals surface area contributed by atoms with Crippen LogP contribution >= 0.6 is 23.2 Å². The van der Waals surface area contributed by atoms with Crippen molar-refractivity contribution in [1.82, 2.24) is 15.5 Å². The topological polar surface area (TPSA) is 51.0 Å². The molecule has 0 unspecified atom stereocenters. The van der Waals surface area contributed by atoms with Crippen molar-refractivity contribution in [2.45, 2.75) is 39.2 Å². The van der Waals surface area contributed by atoms with E-state index in [4.69, 9.17) is 27.6 Å². The zero-order chi connectivity index (χ0) is 15.5. The average molecular weight is 328 g/mol. The summed E-state index contributed by atoms with van der Waals surface area (Å²) in [6.45, 7) is 7.32. The molecule has 0 amide bonds. The Bertz CT molecular complexity index is 605. The maximum atomic E-state index is 6.13. The van der Waals surface area contributed by atoms with Crippen LogP contribution in [0.2, 0.25) is 10.0 Å². The van der Waals surface area contributed by atoms with Crippen molar-refractivity contribution >= 4 is 23.2 Å². The molecular weight excluding hydrogens is 309 g/mol. The van der Waals surface area contributed by atoms with Crippen molar-refractivity contribution in [2.24, 2.45) is 0 Å². The average Bonchev–Trinajstić information content (AvgIpc) is 2.82. The van der Waals surface area contributed by atoms with Gasteiger partial charge >= 0.3 is 0 Å². The van der Waals surface area contributed by atoms with Gasteiger partial charge < -0.3 is 9.73 Å². The monoisotopic (exact) mass is 327 g/mol. The molecule has 1 heterocycles. The third kappa shape index (κ3) is 4.99. The molecule has 0 aliphatic carbocycles. The highest BCUT2D eigenvalue weighted by atomic mass is 35.5. The number of rotatable bonds is 5. The highest BCUT2D eigenvalue weighted by Gasteiger charge is 2.13. The molecular formula is C15H19Cl2N3O. The SMILES string of the molecule is CC(C)(C)NCCCc1nnc(-c2ccc(Cl)cc2Cl)o1. The zero-order valence-corrected chi connectivity index (χ0v) is 13.9. The van der Waals surface area contributed by atoms with E-state index in [0.29, 0.717) is 27.4 Å². The Hall–Kier alpha value is -1.10. The molecule has 114 valence electrons. The highest BCUT2D eigenvalue weighted by Crippen LogP contribution is 2.29. The van der Waals surface area contributed by atoms with Gasteiger partial charge in [0.15, 0.2) is 0 Å². The molecule has 1 aromatic carbocycles. The van der Waals surface area contributed by atoms with Gasteiger partial charge in [-0.15, -0.1) is 10.2 Å². The molecule has 0 saturated heterocycles. The first-order valence-electron chi connectivity index (χ1n) is 6.88. The van der Waals surface area contributed by atoms with Crippen LogP contribution in [0, 0.1) is 0 Å². The van der Waals surface area contributed by atoms with Gasteiger partial charge in [0, 0.05) is 17.0 Å². The minimum absolute atomic E-state index is 0.122. The van der Waals surface area contributed by atoms with E-state index < -0.39 is 0 Å². The summed E-state index contributed by atoms with van der Waals surface area (Å²) in [4.78, 5) is 0. The summed E-state index contributed by atoms with van der Waals surface area (Å²) in [5.74, 6) is 1.04. The Morgan fingerprint density at radius 2 is 1.95 bits per heavy atom. The molecule has 0 aliphatic rings. The van der Waals surface area contributed by atoms with Crippen LogP contribution in [0.3, 0.4) is 0 Å². The van der Waals surface area contributed by atoms with Crippen molar-refractivity contribution in [3.63, 3.8) is 0 Å². The molecule has 6 heteroatoms. The van der Waals surface area contributed by atoms with Crippen LogP contribution in [0.15, 0.2) is 22.6 Å². The maximum Gasteiger partial charge on any atom is 0.249 e. The van der Waals surface area contributed by atoms with Crippen molar-refractivity contribution < 1.29 is 4.42 Å². The van der Waals surface area contributed by atoms with Crippen LogP contribution in [0.1, 0.15) is 33.1 Å². The Balaban J connectivity index is 1.95. The van der Waals surface area contributed by atoms with Gasteiger partial charge in [-0.25, -0.2) is 0 Å². The summed E-state index contributed by atoms with van der Waals surface area (Å²) in [6.07, 6.45) is 1.68. The summed E-state index contributed by atoms with van der Waals surface area (Å²) in [6, 6.07) is 5.19. The van der Waals surface area contributed by atoms with Crippen LogP contribution in [0.25, 0.3) is 11.5 Å². The second-order valence-corrected chi connectivity index (χ2v) is 6.75.